The molecular weight excluding hydrogens is 429 g/mol. The third kappa shape index (κ3) is 5.49. The number of carbonyl (C=O) groups excluding carboxylic acids is 2. The Labute approximate surface area is 151 Å². The molecule has 6 nitrogen and oxygen atoms in total. The lowest BCUT2D eigenvalue weighted by Crippen LogP contribution is -2.48. The van der Waals surface area contributed by atoms with Crippen molar-refractivity contribution in [2.45, 2.75) is 0 Å². The Bertz CT molecular complexity index is 744. The molecule has 0 unspecified atom stereocenters. The summed E-state index contributed by atoms with van der Waals surface area (Å²) in [5.74, 6) is -0.244. The molecule has 1 aromatic heterocycles. The van der Waals surface area contributed by atoms with E-state index < -0.39 is 5.91 Å². The predicted molar refractivity (Wildman–Crippen MR) is 98.2 cm³/mol. The number of amides is 2. The standard InChI is InChI=1S/C15H12IN3O3S/c16-12-6-2-1-5-11(12)14(21)18-19-15(23)17-13(20)8-7-10-4-3-9-22-10/h1-9H,(H,18,21)(H2,17,19,20,23). The molecule has 0 fully saturated rings. The fourth-order valence-corrected chi connectivity index (χ4v) is 2.34. The molecule has 2 aromatic rings. The maximum absolute atomic E-state index is 12.0. The van der Waals surface area contributed by atoms with Crippen LogP contribution < -0.4 is 16.2 Å². The average molecular weight is 441 g/mol. The van der Waals surface area contributed by atoms with Crippen LogP contribution in [0, 0.1) is 3.57 Å². The van der Waals surface area contributed by atoms with Gasteiger partial charge in [-0.1, -0.05) is 12.1 Å². The van der Waals surface area contributed by atoms with Crippen LogP contribution in [0.3, 0.4) is 0 Å². The van der Waals surface area contributed by atoms with Crippen LogP contribution in [-0.2, 0) is 4.79 Å². The largest absolute Gasteiger partial charge is 0.465 e. The Morgan fingerprint density at radius 3 is 2.61 bits per heavy atom. The van der Waals surface area contributed by atoms with Crippen LogP contribution in [0.25, 0.3) is 6.08 Å². The van der Waals surface area contributed by atoms with Gasteiger partial charge < -0.3 is 4.42 Å². The van der Waals surface area contributed by atoms with Gasteiger partial charge in [0.05, 0.1) is 11.8 Å². The van der Waals surface area contributed by atoms with Crippen molar-refractivity contribution in [1.29, 1.82) is 0 Å². The molecule has 1 aromatic carbocycles. The molecule has 0 spiro atoms. The summed E-state index contributed by atoms with van der Waals surface area (Å²) in [6, 6.07) is 10.5. The van der Waals surface area contributed by atoms with Crippen molar-refractivity contribution >= 4 is 57.8 Å². The van der Waals surface area contributed by atoms with Crippen molar-refractivity contribution in [3.05, 3.63) is 63.6 Å². The van der Waals surface area contributed by atoms with Gasteiger partial charge in [0.15, 0.2) is 5.11 Å². The van der Waals surface area contributed by atoms with Gasteiger partial charge in [-0.2, -0.15) is 0 Å². The molecule has 2 amide bonds. The van der Waals surface area contributed by atoms with Crippen LogP contribution in [-0.4, -0.2) is 16.9 Å². The number of hydrazine groups is 1. The smallest absolute Gasteiger partial charge is 0.270 e. The number of hydrogen-bond acceptors (Lipinski definition) is 4. The zero-order chi connectivity index (χ0) is 16.7. The van der Waals surface area contributed by atoms with Crippen LogP contribution in [0.5, 0.6) is 0 Å². The third-order valence-electron chi connectivity index (χ3n) is 2.59. The molecule has 2 rings (SSSR count). The highest BCUT2D eigenvalue weighted by atomic mass is 127. The summed E-state index contributed by atoms with van der Waals surface area (Å²) in [6.07, 6.45) is 4.28. The van der Waals surface area contributed by atoms with Gasteiger partial charge in [-0.05, 0) is 65.2 Å². The summed E-state index contributed by atoms with van der Waals surface area (Å²) in [5, 5.41) is 2.38. The van der Waals surface area contributed by atoms with E-state index in [0.29, 0.717) is 11.3 Å². The van der Waals surface area contributed by atoms with E-state index in [9.17, 15) is 9.59 Å². The van der Waals surface area contributed by atoms with Gasteiger partial charge in [-0.25, -0.2) is 0 Å². The molecule has 0 aliphatic rings. The van der Waals surface area contributed by atoms with Gasteiger partial charge in [0.2, 0.25) is 5.91 Å². The topological polar surface area (TPSA) is 83.4 Å². The monoisotopic (exact) mass is 441 g/mol. The van der Waals surface area contributed by atoms with Crippen molar-refractivity contribution in [2.75, 3.05) is 0 Å². The lowest BCUT2D eigenvalue weighted by atomic mass is 10.2. The molecule has 0 saturated carbocycles. The van der Waals surface area contributed by atoms with Crippen molar-refractivity contribution in [3.8, 4) is 0 Å². The second kappa shape index (κ2) is 8.44. The van der Waals surface area contributed by atoms with Crippen LogP contribution in [0.15, 0.2) is 53.2 Å². The van der Waals surface area contributed by atoms with Crippen LogP contribution in [0.1, 0.15) is 16.1 Å². The van der Waals surface area contributed by atoms with Crippen molar-refractivity contribution < 1.29 is 14.0 Å². The minimum Gasteiger partial charge on any atom is -0.465 e. The normalized spacial score (nSPS) is 10.3. The zero-order valence-electron chi connectivity index (χ0n) is 11.7. The first-order chi connectivity index (χ1) is 11.1. The molecule has 8 heteroatoms. The fourth-order valence-electron chi connectivity index (χ4n) is 1.55. The highest BCUT2D eigenvalue weighted by Crippen LogP contribution is 2.10. The first-order valence-corrected chi connectivity index (χ1v) is 7.92. The number of nitrogens with one attached hydrogen (secondary N) is 3. The first kappa shape index (κ1) is 17.2. The van der Waals surface area contributed by atoms with Gasteiger partial charge in [0, 0.05) is 9.65 Å². The van der Waals surface area contributed by atoms with Crippen LogP contribution >= 0.6 is 34.8 Å². The van der Waals surface area contributed by atoms with E-state index >= 15 is 0 Å². The van der Waals surface area contributed by atoms with Gasteiger partial charge in [-0.3, -0.25) is 25.8 Å². The number of carbonyl (C=O) groups is 2. The molecule has 118 valence electrons. The SMILES string of the molecule is O=C(C=Cc1ccco1)NC(=S)NNC(=O)c1ccccc1I. The number of hydrogen-bond donors (Lipinski definition) is 3. The van der Waals surface area contributed by atoms with Gasteiger partial charge in [-0.15, -0.1) is 0 Å². The van der Waals surface area contributed by atoms with E-state index in [1.807, 2.05) is 12.1 Å². The number of thiocarbonyl (C=S) groups is 1. The van der Waals surface area contributed by atoms with E-state index in [4.69, 9.17) is 16.6 Å². The predicted octanol–water partition coefficient (Wildman–Crippen LogP) is 2.23. The van der Waals surface area contributed by atoms with Crippen molar-refractivity contribution in [2.24, 2.45) is 0 Å². The lowest BCUT2D eigenvalue weighted by molar-refractivity contribution is -0.115. The molecule has 0 bridgehead atoms. The first-order valence-electron chi connectivity index (χ1n) is 6.43. The maximum atomic E-state index is 12.0. The van der Waals surface area contributed by atoms with Crippen molar-refractivity contribution in [3.63, 3.8) is 0 Å². The maximum Gasteiger partial charge on any atom is 0.270 e. The Morgan fingerprint density at radius 1 is 1.13 bits per heavy atom. The van der Waals surface area contributed by atoms with E-state index in [1.54, 1.807) is 24.3 Å². The second-order valence-electron chi connectivity index (χ2n) is 4.23. The van der Waals surface area contributed by atoms with Gasteiger partial charge in [0.25, 0.3) is 5.91 Å². The lowest BCUT2D eigenvalue weighted by Gasteiger charge is -2.10. The Balaban J connectivity index is 1.80. The summed E-state index contributed by atoms with van der Waals surface area (Å²) in [6.45, 7) is 0. The van der Waals surface area contributed by atoms with E-state index in [2.05, 4.69) is 38.8 Å². The summed E-state index contributed by atoms with van der Waals surface area (Å²) in [7, 11) is 0. The Hall–Kier alpha value is -2.20. The molecule has 23 heavy (non-hydrogen) atoms. The second-order valence-corrected chi connectivity index (χ2v) is 5.80. The molecule has 0 aliphatic carbocycles. The molecule has 0 aliphatic heterocycles. The molecule has 0 radical (unpaired) electrons. The number of furan rings is 1. The number of rotatable bonds is 3. The molecule has 3 N–H and O–H groups in total. The highest BCUT2D eigenvalue weighted by Gasteiger charge is 2.09. The zero-order valence-corrected chi connectivity index (χ0v) is 14.7. The summed E-state index contributed by atoms with van der Waals surface area (Å²) in [4.78, 5) is 23.6. The van der Waals surface area contributed by atoms with E-state index in [0.717, 1.165) is 3.57 Å². The van der Waals surface area contributed by atoms with Crippen LogP contribution in [0.2, 0.25) is 0 Å². The van der Waals surface area contributed by atoms with Gasteiger partial charge >= 0.3 is 0 Å². The van der Waals surface area contributed by atoms with Crippen LogP contribution in [0.4, 0.5) is 0 Å². The molecule has 0 saturated heterocycles. The van der Waals surface area contributed by atoms with Crippen molar-refractivity contribution in [1.82, 2.24) is 16.2 Å². The van der Waals surface area contributed by atoms with E-state index in [1.165, 1.54) is 18.4 Å². The quantitative estimate of drug-likeness (QED) is 0.295. The Morgan fingerprint density at radius 2 is 1.91 bits per heavy atom. The molecule has 0 atom stereocenters. The van der Waals surface area contributed by atoms with E-state index in [-0.39, 0.29) is 11.0 Å². The number of benzene rings is 1. The summed E-state index contributed by atoms with van der Waals surface area (Å²) < 4.78 is 5.86. The third-order valence-corrected chi connectivity index (χ3v) is 3.73. The Kier molecular flexibility index (Phi) is 6.29. The minimum atomic E-state index is -0.442. The summed E-state index contributed by atoms with van der Waals surface area (Å²) >= 11 is 6.99. The average Bonchev–Trinajstić information content (AvgIpc) is 3.04. The minimum absolute atomic E-state index is 0.0154. The molecular formula is C15H12IN3O3S. The highest BCUT2D eigenvalue weighted by molar-refractivity contribution is 14.1. The number of halogens is 1. The summed E-state index contributed by atoms with van der Waals surface area (Å²) in [5.41, 5.74) is 5.40. The molecule has 1 heterocycles. The fraction of sp³-hybridized carbons (Fsp3) is 0. The van der Waals surface area contributed by atoms with Gasteiger partial charge in [0.1, 0.15) is 5.76 Å².